The maximum absolute atomic E-state index is 12.8. The van der Waals surface area contributed by atoms with E-state index in [0.29, 0.717) is 33.7 Å². The molecule has 0 unspecified atom stereocenters. The van der Waals surface area contributed by atoms with Crippen molar-refractivity contribution in [2.24, 2.45) is 0 Å². The van der Waals surface area contributed by atoms with Crippen molar-refractivity contribution in [1.29, 1.82) is 0 Å². The van der Waals surface area contributed by atoms with Gasteiger partial charge in [-0.25, -0.2) is 4.79 Å². The number of halogens is 1. The van der Waals surface area contributed by atoms with Crippen molar-refractivity contribution in [3.8, 4) is 0 Å². The molecule has 0 spiro atoms. The molecule has 2 aromatic heterocycles. The van der Waals surface area contributed by atoms with Gasteiger partial charge in [0.15, 0.2) is 0 Å². The summed E-state index contributed by atoms with van der Waals surface area (Å²) >= 11 is 5.89. The highest BCUT2D eigenvalue weighted by atomic mass is 35.5. The first-order valence-corrected chi connectivity index (χ1v) is 8.29. The molecule has 0 saturated carbocycles. The maximum Gasteiger partial charge on any atom is 0.339 e. The minimum absolute atomic E-state index is 0.203. The van der Waals surface area contributed by atoms with E-state index in [1.54, 1.807) is 48.9 Å². The van der Waals surface area contributed by atoms with Crippen LogP contribution in [0.4, 0.5) is 0 Å². The lowest BCUT2D eigenvalue weighted by atomic mass is 10.1. The minimum Gasteiger partial charge on any atom is -0.462 e. The number of hydrogen-bond donors (Lipinski definition) is 0. The molecule has 0 amide bonds. The number of aryl methyl sites for hydroxylation is 1. The maximum atomic E-state index is 12.8. The van der Waals surface area contributed by atoms with E-state index >= 15 is 0 Å². The van der Waals surface area contributed by atoms with Crippen molar-refractivity contribution < 1.29 is 9.53 Å². The van der Waals surface area contributed by atoms with Crippen LogP contribution in [-0.2, 0) is 11.3 Å². The average Bonchev–Trinajstić information content (AvgIpc) is 2.59. The predicted octanol–water partition coefficient (Wildman–Crippen LogP) is 3.58. The van der Waals surface area contributed by atoms with E-state index in [1.165, 1.54) is 0 Å². The Morgan fingerprint density at radius 1 is 1.24 bits per heavy atom. The number of ether oxygens (including phenoxy) is 1. The van der Waals surface area contributed by atoms with Crippen LogP contribution in [-0.4, -0.2) is 22.1 Å². The molecule has 0 aliphatic carbocycles. The van der Waals surface area contributed by atoms with Gasteiger partial charge in [-0.2, -0.15) is 0 Å². The molecule has 0 aliphatic rings. The van der Waals surface area contributed by atoms with E-state index in [9.17, 15) is 9.59 Å². The van der Waals surface area contributed by atoms with E-state index < -0.39 is 5.97 Å². The molecule has 1 aromatic carbocycles. The fraction of sp³-hybridized carbons (Fsp3) is 0.211. The first-order chi connectivity index (χ1) is 12.0. The van der Waals surface area contributed by atoms with Crippen LogP contribution in [0.5, 0.6) is 0 Å². The smallest absolute Gasteiger partial charge is 0.339 e. The first-order valence-electron chi connectivity index (χ1n) is 7.92. The molecule has 3 aromatic rings. The summed E-state index contributed by atoms with van der Waals surface area (Å²) in [6.07, 6.45) is 1.70. The fourth-order valence-electron chi connectivity index (χ4n) is 2.63. The Morgan fingerprint density at radius 3 is 2.64 bits per heavy atom. The van der Waals surface area contributed by atoms with Gasteiger partial charge in [-0.3, -0.25) is 9.78 Å². The average molecular weight is 357 g/mol. The van der Waals surface area contributed by atoms with Crippen LogP contribution in [0.15, 0.2) is 47.4 Å². The number of pyridine rings is 2. The molecule has 0 aliphatic heterocycles. The van der Waals surface area contributed by atoms with E-state index in [1.807, 2.05) is 12.1 Å². The third-order valence-electron chi connectivity index (χ3n) is 3.91. The van der Waals surface area contributed by atoms with Crippen molar-refractivity contribution in [1.82, 2.24) is 9.55 Å². The second-order valence-electron chi connectivity index (χ2n) is 5.65. The van der Waals surface area contributed by atoms with E-state index in [-0.39, 0.29) is 12.2 Å². The van der Waals surface area contributed by atoms with Gasteiger partial charge in [0.1, 0.15) is 0 Å². The van der Waals surface area contributed by atoms with Gasteiger partial charge in [-0.1, -0.05) is 23.7 Å². The zero-order chi connectivity index (χ0) is 18.0. The first kappa shape index (κ1) is 17.2. The Kier molecular flexibility index (Phi) is 4.86. The van der Waals surface area contributed by atoms with Crippen LogP contribution in [0.25, 0.3) is 10.9 Å². The zero-order valence-electron chi connectivity index (χ0n) is 14.0. The topological polar surface area (TPSA) is 61.2 Å². The second-order valence-corrected chi connectivity index (χ2v) is 6.09. The molecular weight excluding hydrogens is 340 g/mol. The van der Waals surface area contributed by atoms with Gasteiger partial charge in [0.2, 0.25) is 0 Å². The molecule has 25 heavy (non-hydrogen) atoms. The molecule has 0 bridgehead atoms. The number of fused-ring (bicyclic) bond motifs is 1. The number of hydrogen-bond acceptors (Lipinski definition) is 4. The highest BCUT2D eigenvalue weighted by molar-refractivity contribution is 6.30. The Balaban J connectivity index is 2.06. The van der Waals surface area contributed by atoms with Gasteiger partial charge in [0, 0.05) is 11.2 Å². The number of carbonyl (C=O) groups excluding carboxylic acids is 1. The van der Waals surface area contributed by atoms with E-state index in [2.05, 4.69) is 4.98 Å². The van der Waals surface area contributed by atoms with Crippen molar-refractivity contribution in [2.45, 2.75) is 20.4 Å². The highest BCUT2D eigenvalue weighted by Crippen LogP contribution is 2.15. The Labute approximate surface area is 149 Å². The Hall–Kier alpha value is -2.66. The molecule has 0 radical (unpaired) electrons. The third-order valence-corrected chi connectivity index (χ3v) is 4.16. The summed E-state index contributed by atoms with van der Waals surface area (Å²) in [6.45, 7) is 4.15. The third kappa shape index (κ3) is 3.56. The Bertz CT molecular complexity index is 994. The standard InChI is InChI=1S/C19H17ClN2O3/c1-3-25-19(24)15-10-16-17(21-12(15)2)8-9-22(18(16)23)11-13-4-6-14(20)7-5-13/h4-10H,3,11H2,1-2H3. The lowest BCUT2D eigenvalue weighted by Gasteiger charge is -2.10. The number of benzene rings is 1. The predicted molar refractivity (Wildman–Crippen MR) is 97.3 cm³/mol. The van der Waals surface area contributed by atoms with Crippen LogP contribution in [0, 0.1) is 6.92 Å². The van der Waals surface area contributed by atoms with Crippen LogP contribution in [0.1, 0.15) is 28.5 Å². The molecule has 6 heteroatoms. The normalized spacial score (nSPS) is 10.8. The van der Waals surface area contributed by atoms with Crippen molar-refractivity contribution in [3.05, 3.63) is 74.8 Å². The van der Waals surface area contributed by atoms with Crippen molar-refractivity contribution in [3.63, 3.8) is 0 Å². The lowest BCUT2D eigenvalue weighted by molar-refractivity contribution is 0.0525. The fourth-order valence-corrected chi connectivity index (χ4v) is 2.76. The van der Waals surface area contributed by atoms with Crippen LogP contribution < -0.4 is 5.56 Å². The summed E-state index contributed by atoms with van der Waals surface area (Å²) < 4.78 is 6.62. The molecule has 128 valence electrons. The van der Waals surface area contributed by atoms with Crippen molar-refractivity contribution >= 4 is 28.5 Å². The summed E-state index contributed by atoms with van der Waals surface area (Å²) in [5, 5.41) is 1.04. The molecule has 0 atom stereocenters. The van der Waals surface area contributed by atoms with E-state index in [4.69, 9.17) is 16.3 Å². The number of carbonyl (C=O) groups is 1. The molecule has 0 N–H and O–H groups in total. The van der Waals surface area contributed by atoms with Gasteiger partial charge < -0.3 is 9.30 Å². The summed E-state index contributed by atoms with van der Waals surface area (Å²) in [4.78, 5) is 29.2. The van der Waals surface area contributed by atoms with Crippen LogP contribution in [0.2, 0.25) is 5.02 Å². The largest absolute Gasteiger partial charge is 0.462 e. The Morgan fingerprint density at radius 2 is 1.96 bits per heavy atom. The van der Waals surface area contributed by atoms with Gasteiger partial charge in [0.05, 0.1) is 35.3 Å². The van der Waals surface area contributed by atoms with Crippen LogP contribution in [0.3, 0.4) is 0 Å². The SMILES string of the molecule is CCOC(=O)c1cc2c(=O)n(Cc3ccc(Cl)cc3)ccc2nc1C. The van der Waals surface area contributed by atoms with Gasteiger partial charge >= 0.3 is 5.97 Å². The molecular formula is C19H17ClN2O3. The van der Waals surface area contributed by atoms with Crippen LogP contribution >= 0.6 is 11.6 Å². The molecule has 0 saturated heterocycles. The number of nitrogens with zero attached hydrogens (tertiary/aromatic N) is 2. The number of esters is 1. The highest BCUT2D eigenvalue weighted by Gasteiger charge is 2.15. The number of rotatable bonds is 4. The summed E-state index contributed by atoms with van der Waals surface area (Å²) in [7, 11) is 0. The van der Waals surface area contributed by atoms with Gasteiger partial charge in [-0.15, -0.1) is 0 Å². The van der Waals surface area contributed by atoms with E-state index in [0.717, 1.165) is 5.56 Å². The van der Waals surface area contributed by atoms with Gasteiger partial charge in [0.25, 0.3) is 5.56 Å². The second kappa shape index (κ2) is 7.07. The van der Waals surface area contributed by atoms with Crippen molar-refractivity contribution in [2.75, 3.05) is 6.61 Å². The summed E-state index contributed by atoms with van der Waals surface area (Å²) in [5.41, 5.74) is 2.17. The monoisotopic (exact) mass is 356 g/mol. The molecule has 5 nitrogen and oxygen atoms in total. The molecule has 3 rings (SSSR count). The van der Waals surface area contributed by atoms with Gasteiger partial charge in [-0.05, 0) is 43.7 Å². The quantitative estimate of drug-likeness (QED) is 0.670. The molecule has 2 heterocycles. The zero-order valence-corrected chi connectivity index (χ0v) is 14.7. The minimum atomic E-state index is -0.470. The summed E-state index contributed by atoms with van der Waals surface area (Å²) in [5.74, 6) is -0.470. The lowest BCUT2D eigenvalue weighted by Crippen LogP contribution is -2.21. The molecule has 0 fully saturated rings. The number of aromatic nitrogens is 2. The summed E-state index contributed by atoms with van der Waals surface area (Å²) in [6, 6.07) is 10.7.